The molecule has 0 radical (unpaired) electrons. The number of carboxylic acids is 2. The molecule has 5 nitrogen and oxygen atoms in total. The van der Waals surface area contributed by atoms with Crippen molar-refractivity contribution in [3.05, 3.63) is 28.8 Å². The van der Waals surface area contributed by atoms with Crippen molar-refractivity contribution in [1.29, 1.82) is 0 Å². The van der Waals surface area contributed by atoms with E-state index in [-0.39, 0.29) is 11.3 Å². The molecule has 0 aliphatic heterocycles. The standard InChI is InChI=1S/C10H10ClNO4/c11-5-1-2-8(12)6(3-5)7(10(15)16)4-9(13)14/h1-3,7H,4,12H2,(H,13,14)(H,15,16). The van der Waals surface area contributed by atoms with Crippen molar-refractivity contribution < 1.29 is 19.8 Å². The van der Waals surface area contributed by atoms with Gasteiger partial charge in [-0.15, -0.1) is 0 Å². The van der Waals surface area contributed by atoms with Crippen molar-refractivity contribution in [2.75, 3.05) is 5.73 Å². The third kappa shape index (κ3) is 2.87. The van der Waals surface area contributed by atoms with Gasteiger partial charge in [-0.2, -0.15) is 0 Å². The smallest absolute Gasteiger partial charge is 0.311 e. The van der Waals surface area contributed by atoms with Crippen LogP contribution in [-0.2, 0) is 9.59 Å². The van der Waals surface area contributed by atoms with Gasteiger partial charge in [-0.05, 0) is 23.8 Å². The average Bonchev–Trinajstić information content (AvgIpc) is 2.18. The molecule has 0 spiro atoms. The molecule has 0 saturated carbocycles. The van der Waals surface area contributed by atoms with E-state index in [9.17, 15) is 9.59 Å². The first-order valence-corrected chi connectivity index (χ1v) is 4.79. The lowest BCUT2D eigenvalue weighted by Crippen LogP contribution is -2.17. The molecule has 4 N–H and O–H groups in total. The zero-order valence-electron chi connectivity index (χ0n) is 8.18. The molecule has 0 amide bonds. The summed E-state index contributed by atoms with van der Waals surface area (Å²) in [7, 11) is 0. The molecule has 6 heteroatoms. The number of aliphatic carboxylic acids is 2. The molecule has 0 aromatic heterocycles. The van der Waals surface area contributed by atoms with Crippen LogP contribution in [0.5, 0.6) is 0 Å². The van der Waals surface area contributed by atoms with E-state index in [1.807, 2.05) is 0 Å². The highest BCUT2D eigenvalue weighted by Gasteiger charge is 2.25. The third-order valence-corrected chi connectivity index (χ3v) is 2.34. The van der Waals surface area contributed by atoms with E-state index in [1.54, 1.807) is 0 Å². The molecule has 1 atom stereocenters. The maximum Gasteiger partial charge on any atom is 0.311 e. The Morgan fingerprint density at radius 1 is 1.38 bits per heavy atom. The van der Waals surface area contributed by atoms with Gasteiger partial charge in [0.1, 0.15) is 0 Å². The number of nitrogens with two attached hydrogens (primary N) is 1. The Labute approximate surface area is 96.4 Å². The van der Waals surface area contributed by atoms with E-state index < -0.39 is 24.3 Å². The Morgan fingerprint density at radius 2 is 2.00 bits per heavy atom. The monoisotopic (exact) mass is 243 g/mol. The van der Waals surface area contributed by atoms with Crippen LogP contribution < -0.4 is 5.73 Å². The number of nitrogen functional groups attached to an aromatic ring is 1. The Kier molecular flexibility index (Phi) is 3.73. The normalized spacial score (nSPS) is 12.1. The first-order valence-electron chi connectivity index (χ1n) is 4.41. The molecule has 1 aromatic carbocycles. The molecule has 16 heavy (non-hydrogen) atoms. The van der Waals surface area contributed by atoms with E-state index in [1.165, 1.54) is 18.2 Å². The number of carbonyl (C=O) groups is 2. The first-order chi connectivity index (χ1) is 7.41. The van der Waals surface area contributed by atoms with Crippen LogP contribution in [0.25, 0.3) is 0 Å². The van der Waals surface area contributed by atoms with Gasteiger partial charge in [0.25, 0.3) is 0 Å². The highest BCUT2D eigenvalue weighted by molar-refractivity contribution is 6.30. The van der Waals surface area contributed by atoms with Crippen LogP contribution in [0.2, 0.25) is 5.02 Å². The molecule has 86 valence electrons. The lowest BCUT2D eigenvalue weighted by Gasteiger charge is -2.13. The second-order valence-electron chi connectivity index (χ2n) is 3.26. The quantitative estimate of drug-likeness (QED) is 0.697. The fourth-order valence-corrected chi connectivity index (χ4v) is 1.53. The molecule has 0 fully saturated rings. The van der Waals surface area contributed by atoms with Crippen LogP contribution >= 0.6 is 11.6 Å². The summed E-state index contributed by atoms with van der Waals surface area (Å²) in [6, 6.07) is 4.34. The summed E-state index contributed by atoms with van der Waals surface area (Å²) in [6.07, 6.45) is -0.528. The first kappa shape index (κ1) is 12.3. The van der Waals surface area contributed by atoms with Crippen molar-refractivity contribution in [2.45, 2.75) is 12.3 Å². The van der Waals surface area contributed by atoms with Gasteiger partial charge < -0.3 is 15.9 Å². The van der Waals surface area contributed by atoms with Crippen LogP contribution in [0.1, 0.15) is 17.9 Å². The van der Waals surface area contributed by atoms with Crippen molar-refractivity contribution in [1.82, 2.24) is 0 Å². The number of benzene rings is 1. The van der Waals surface area contributed by atoms with E-state index in [0.717, 1.165) is 0 Å². The highest BCUT2D eigenvalue weighted by atomic mass is 35.5. The molecule has 0 saturated heterocycles. The minimum Gasteiger partial charge on any atom is -0.481 e. The highest BCUT2D eigenvalue weighted by Crippen LogP contribution is 2.28. The molecule has 0 bridgehead atoms. The number of carboxylic acid groups (broad SMARTS) is 2. The van der Waals surface area contributed by atoms with Crippen LogP contribution in [0.3, 0.4) is 0 Å². The predicted molar refractivity (Wildman–Crippen MR) is 58.5 cm³/mol. The van der Waals surface area contributed by atoms with Gasteiger partial charge in [0.2, 0.25) is 0 Å². The van der Waals surface area contributed by atoms with Gasteiger partial charge >= 0.3 is 11.9 Å². The number of halogens is 1. The van der Waals surface area contributed by atoms with Crippen molar-refractivity contribution in [3.8, 4) is 0 Å². The number of hydrogen-bond acceptors (Lipinski definition) is 3. The van der Waals surface area contributed by atoms with Gasteiger partial charge in [-0.25, -0.2) is 0 Å². The van der Waals surface area contributed by atoms with Gasteiger partial charge in [0.05, 0.1) is 12.3 Å². The molecule has 0 aliphatic carbocycles. The van der Waals surface area contributed by atoms with Crippen LogP contribution in [0.4, 0.5) is 5.69 Å². The topological polar surface area (TPSA) is 101 Å². The summed E-state index contributed by atoms with van der Waals surface area (Å²) in [6.45, 7) is 0. The van der Waals surface area contributed by atoms with Gasteiger partial charge in [0.15, 0.2) is 0 Å². The largest absolute Gasteiger partial charge is 0.481 e. The van der Waals surface area contributed by atoms with Crippen LogP contribution in [-0.4, -0.2) is 22.2 Å². The predicted octanol–water partition coefficient (Wildman–Crippen LogP) is 1.57. The van der Waals surface area contributed by atoms with E-state index >= 15 is 0 Å². The van der Waals surface area contributed by atoms with Crippen LogP contribution in [0, 0.1) is 0 Å². The number of rotatable bonds is 4. The summed E-state index contributed by atoms with van der Waals surface area (Å²) in [5.74, 6) is -3.63. The zero-order chi connectivity index (χ0) is 12.3. The molecule has 1 aromatic rings. The van der Waals surface area contributed by atoms with E-state index in [4.69, 9.17) is 27.5 Å². The minimum atomic E-state index is -1.24. The average molecular weight is 244 g/mol. The molecule has 1 unspecified atom stereocenters. The second-order valence-corrected chi connectivity index (χ2v) is 3.70. The van der Waals surface area contributed by atoms with E-state index in [0.29, 0.717) is 5.02 Å². The molecular weight excluding hydrogens is 234 g/mol. The second kappa shape index (κ2) is 4.85. The van der Waals surface area contributed by atoms with E-state index in [2.05, 4.69) is 0 Å². The van der Waals surface area contributed by atoms with Gasteiger partial charge in [0, 0.05) is 10.7 Å². The lowest BCUT2D eigenvalue weighted by atomic mass is 9.94. The Hall–Kier alpha value is -1.75. The van der Waals surface area contributed by atoms with Gasteiger partial charge in [-0.3, -0.25) is 9.59 Å². The summed E-state index contributed by atoms with van der Waals surface area (Å²) < 4.78 is 0. The summed E-state index contributed by atoms with van der Waals surface area (Å²) in [5.41, 5.74) is 6.03. The summed E-state index contributed by atoms with van der Waals surface area (Å²) in [5, 5.41) is 17.9. The maximum atomic E-state index is 10.9. The molecule has 0 aliphatic rings. The zero-order valence-corrected chi connectivity index (χ0v) is 8.94. The fourth-order valence-electron chi connectivity index (χ4n) is 1.35. The van der Waals surface area contributed by atoms with Crippen LogP contribution in [0.15, 0.2) is 18.2 Å². The SMILES string of the molecule is Nc1ccc(Cl)cc1C(CC(=O)O)C(=O)O. The molecular formula is C10H10ClNO4. The maximum absolute atomic E-state index is 10.9. The summed E-state index contributed by atoms with van der Waals surface area (Å²) in [4.78, 5) is 21.5. The molecule has 1 rings (SSSR count). The Balaban J connectivity index is 3.14. The third-order valence-electron chi connectivity index (χ3n) is 2.10. The van der Waals surface area contributed by atoms with Crippen molar-refractivity contribution >= 4 is 29.2 Å². The van der Waals surface area contributed by atoms with Gasteiger partial charge in [-0.1, -0.05) is 11.6 Å². The van der Waals surface area contributed by atoms with Crippen molar-refractivity contribution in [2.24, 2.45) is 0 Å². The minimum absolute atomic E-state index is 0.220. The number of anilines is 1. The Bertz CT molecular complexity index is 433. The summed E-state index contributed by atoms with van der Waals surface area (Å²) >= 11 is 5.71. The lowest BCUT2D eigenvalue weighted by molar-refractivity contribution is -0.145. The van der Waals surface area contributed by atoms with Crippen molar-refractivity contribution in [3.63, 3.8) is 0 Å². The molecule has 0 heterocycles. The number of hydrogen-bond donors (Lipinski definition) is 3. The Morgan fingerprint density at radius 3 is 2.50 bits per heavy atom. The fraction of sp³-hybridized carbons (Fsp3) is 0.200.